The summed E-state index contributed by atoms with van der Waals surface area (Å²) in [7, 11) is 0. The molecule has 0 radical (unpaired) electrons. The Hall–Kier alpha value is -2.60. The second kappa shape index (κ2) is 8.48. The van der Waals surface area contributed by atoms with Crippen LogP contribution >= 0.6 is 11.6 Å². The first kappa shape index (κ1) is 18.7. The number of aromatic nitrogens is 1. The average Bonchev–Trinajstić information content (AvgIpc) is 2.56. The lowest BCUT2D eigenvalue weighted by molar-refractivity contribution is -0.159. The number of ether oxygens (including phenoxy) is 2. The molecule has 6 nitrogen and oxygen atoms in total. The third-order valence-corrected chi connectivity index (χ3v) is 3.61. The molecule has 0 unspecified atom stereocenters. The first-order chi connectivity index (χ1) is 11.9. The molecule has 1 aromatic heterocycles. The fourth-order valence-corrected chi connectivity index (χ4v) is 2.14. The number of pyridine rings is 1. The van der Waals surface area contributed by atoms with Gasteiger partial charge in [0, 0.05) is 6.20 Å². The van der Waals surface area contributed by atoms with Gasteiger partial charge in [-0.15, -0.1) is 0 Å². The van der Waals surface area contributed by atoms with Gasteiger partial charge in [0.2, 0.25) is 0 Å². The quantitative estimate of drug-likeness (QED) is 0.629. The summed E-state index contributed by atoms with van der Waals surface area (Å²) in [6.45, 7) is 4.95. The number of halogens is 1. The molecule has 2 aromatic rings. The predicted molar refractivity (Wildman–Crippen MR) is 94.7 cm³/mol. The number of hydrogen-bond donors (Lipinski definition) is 1. The van der Waals surface area contributed by atoms with Crippen LogP contribution in [0.2, 0.25) is 5.15 Å². The smallest absolute Gasteiger partial charge is 0.347 e. The Labute approximate surface area is 151 Å². The molecule has 25 heavy (non-hydrogen) atoms. The lowest BCUT2D eigenvalue weighted by Crippen LogP contribution is -2.35. The van der Waals surface area contributed by atoms with E-state index in [0.717, 1.165) is 5.56 Å². The molecular formula is C18H19ClN2O4. The van der Waals surface area contributed by atoms with Gasteiger partial charge in [-0.2, -0.15) is 0 Å². The van der Waals surface area contributed by atoms with Gasteiger partial charge in [-0.3, -0.25) is 4.79 Å². The Bertz CT molecular complexity index is 766. The number of rotatable bonds is 6. The summed E-state index contributed by atoms with van der Waals surface area (Å²) in [5, 5.41) is 2.72. The number of nitrogens with zero attached hydrogens (tertiary/aromatic N) is 1. The van der Waals surface area contributed by atoms with Crippen molar-refractivity contribution in [2.75, 3.05) is 5.32 Å². The van der Waals surface area contributed by atoms with Gasteiger partial charge in [-0.25, -0.2) is 9.78 Å². The van der Waals surface area contributed by atoms with E-state index >= 15 is 0 Å². The van der Waals surface area contributed by atoms with Crippen LogP contribution in [0, 0.1) is 6.92 Å². The van der Waals surface area contributed by atoms with Gasteiger partial charge in [-0.1, -0.05) is 23.7 Å². The lowest BCUT2D eigenvalue weighted by atomic mass is 10.2. The third kappa shape index (κ3) is 5.46. The van der Waals surface area contributed by atoms with Crippen LogP contribution < -0.4 is 10.1 Å². The SMILES string of the molecule is Cc1cccc(O[C@@H](C)C(=O)O[C@H](C)C(=O)Nc2cccnc2Cl)c1. The summed E-state index contributed by atoms with van der Waals surface area (Å²) in [5.74, 6) is -0.587. The van der Waals surface area contributed by atoms with Crippen molar-refractivity contribution < 1.29 is 19.1 Å². The van der Waals surface area contributed by atoms with Crippen molar-refractivity contribution in [2.24, 2.45) is 0 Å². The molecule has 132 valence electrons. The van der Waals surface area contributed by atoms with Crippen LogP contribution in [0.1, 0.15) is 19.4 Å². The number of hydrogen-bond acceptors (Lipinski definition) is 5. The zero-order valence-corrected chi connectivity index (χ0v) is 14.9. The summed E-state index contributed by atoms with van der Waals surface area (Å²) in [6, 6.07) is 10.5. The van der Waals surface area contributed by atoms with Crippen LogP contribution in [-0.2, 0) is 14.3 Å². The molecule has 0 saturated carbocycles. The Morgan fingerprint density at radius 3 is 2.60 bits per heavy atom. The minimum atomic E-state index is -1.01. The first-order valence-electron chi connectivity index (χ1n) is 7.72. The van der Waals surface area contributed by atoms with E-state index in [1.807, 2.05) is 25.1 Å². The summed E-state index contributed by atoms with van der Waals surface area (Å²) >= 11 is 5.88. The number of aryl methyl sites for hydroxylation is 1. The van der Waals surface area contributed by atoms with E-state index in [0.29, 0.717) is 11.4 Å². The number of carbonyl (C=O) groups excluding carboxylic acids is 2. The Balaban J connectivity index is 1.90. The van der Waals surface area contributed by atoms with Gasteiger partial charge in [0.15, 0.2) is 17.4 Å². The van der Waals surface area contributed by atoms with Crippen LogP contribution in [0.4, 0.5) is 5.69 Å². The van der Waals surface area contributed by atoms with E-state index in [1.165, 1.54) is 13.1 Å². The van der Waals surface area contributed by atoms with E-state index < -0.39 is 24.1 Å². The Kier molecular flexibility index (Phi) is 6.36. The minimum Gasteiger partial charge on any atom is -0.479 e. The molecule has 0 spiro atoms. The van der Waals surface area contributed by atoms with Gasteiger partial charge in [0.1, 0.15) is 5.75 Å². The number of esters is 1. The molecule has 1 N–H and O–H groups in total. The maximum atomic E-state index is 12.1. The highest BCUT2D eigenvalue weighted by molar-refractivity contribution is 6.32. The van der Waals surface area contributed by atoms with E-state index in [-0.39, 0.29) is 5.15 Å². The van der Waals surface area contributed by atoms with Gasteiger partial charge in [0.05, 0.1) is 5.69 Å². The van der Waals surface area contributed by atoms with E-state index in [2.05, 4.69) is 10.3 Å². The second-order valence-corrected chi connectivity index (χ2v) is 5.84. The highest BCUT2D eigenvalue weighted by Crippen LogP contribution is 2.18. The van der Waals surface area contributed by atoms with Gasteiger partial charge < -0.3 is 14.8 Å². The summed E-state index contributed by atoms with van der Waals surface area (Å²) in [5.41, 5.74) is 1.36. The Morgan fingerprint density at radius 2 is 1.92 bits per heavy atom. The molecule has 0 aliphatic carbocycles. The van der Waals surface area contributed by atoms with Crippen LogP contribution in [0.15, 0.2) is 42.6 Å². The maximum Gasteiger partial charge on any atom is 0.347 e. The molecule has 0 aliphatic heterocycles. The number of anilines is 1. The predicted octanol–water partition coefficient (Wildman–Crippen LogP) is 3.38. The van der Waals surface area contributed by atoms with Crippen molar-refractivity contribution in [1.82, 2.24) is 4.98 Å². The molecule has 7 heteroatoms. The van der Waals surface area contributed by atoms with Gasteiger partial charge in [0.25, 0.3) is 5.91 Å². The normalized spacial score (nSPS) is 12.8. The first-order valence-corrected chi connectivity index (χ1v) is 8.10. The van der Waals surface area contributed by atoms with Crippen molar-refractivity contribution >= 4 is 29.2 Å². The fourth-order valence-electron chi connectivity index (χ4n) is 1.98. The molecule has 2 atom stereocenters. The molecule has 0 bridgehead atoms. The van der Waals surface area contributed by atoms with Gasteiger partial charge in [-0.05, 0) is 50.6 Å². The van der Waals surface area contributed by atoms with Crippen molar-refractivity contribution in [2.45, 2.75) is 33.0 Å². The maximum absolute atomic E-state index is 12.1. The fraction of sp³-hybridized carbons (Fsp3) is 0.278. The van der Waals surface area contributed by atoms with E-state index in [1.54, 1.807) is 25.1 Å². The molecular weight excluding hydrogens is 344 g/mol. The molecule has 0 aliphatic rings. The number of carbonyl (C=O) groups is 2. The Morgan fingerprint density at radius 1 is 1.16 bits per heavy atom. The highest BCUT2D eigenvalue weighted by atomic mass is 35.5. The summed E-state index contributed by atoms with van der Waals surface area (Å²) in [6.07, 6.45) is -0.350. The molecule has 2 rings (SSSR count). The second-order valence-electron chi connectivity index (χ2n) is 5.49. The summed E-state index contributed by atoms with van der Waals surface area (Å²) < 4.78 is 10.7. The zero-order chi connectivity index (χ0) is 18.4. The van der Waals surface area contributed by atoms with Crippen molar-refractivity contribution in [3.8, 4) is 5.75 Å². The van der Waals surface area contributed by atoms with Crippen molar-refractivity contribution in [3.05, 3.63) is 53.3 Å². The minimum absolute atomic E-state index is 0.158. The third-order valence-electron chi connectivity index (χ3n) is 3.31. The monoisotopic (exact) mass is 362 g/mol. The van der Waals surface area contributed by atoms with Gasteiger partial charge >= 0.3 is 5.97 Å². The molecule has 1 heterocycles. The average molecular weight is 363 g/mol. The van der Waals surface area contributed by atoms with Crippen LogP contribution in [0.25, 0.3) is 0 Å². The molecule has 1 aromatic carbocycles. The standard InChI is InChI=1S/C18H19ClN2O4/c1-11-6-4-7-14(10-11)24-13(3)18(23)25-12(2)17(22)21-15-8-5-9-20-16(15)19/h4-10,12-13H,1-3H3,(H,21,22)/t12-,13+/m1/s1. The number of nitrogens with one attached hydrogen (secondary N) is 1. The molecule has 0 saturated heterocycles. The highest BCUT2D eigenvalue weighted by Gasteiger charge is 2.23. The lowest BCUT2D eigenvalue weighted by Gasteiger charge is -2.18. The van der Waals surface area contributed by atoms with E-state index in [4.69, 9.17) is 21.1 Å². The van der Waals surface area contributed by atoms with E-state index in [9.17, 15) is 9.59 Å². The van der Waals surface area contributed by atoms with Crippen LogP contribution in [0.5, 0.6) is 5.75 Å². The number of amides is 1. The largest absolute Gasteiger partial charge is 0.479 e. The number of benzene rings is 1. The summed E-state index contributed by atoms with van der Waals surface area (Å²) in [4.78, 5) is 28.1. The van der Waals surface area contributed by atoms with Crippen LogP contribution in [0.3, 0.4) is 0 Å². The molecule has 1 amide bonds. The zero-order valence-electron chi connectivity index (χ0n) is 14.2. The van der Waals surface area contributed by atoms with Crippen LogP contribution in [-0.4, -0.2) is 29.1 Å². The molecule has 0 fully saturated rings. The van der Waals surface area contributed by atoms with Crippen molar-refractivity contribution in [1.29, 1.82) is 0 Å². The van der Waals surface area contributed by atoms with Crippen molar-refractivity contribution in [3.63, 3.8) is 0 Å². The topological polar surface area (TPSA) is 77.5 Å².